The number of carbonyl (C=O) groups excluding carboxylic acids is 1. The molecule has 0 spiro atoms. The third-order valence-electron chi connectivity index (χ3n) is 5.97. The number of rotatable bonds is 8. The van der Waals surface area contributed by atoms with E-state index in [1.807, 2.05) is 0 Å². The Balaban J connectivity index is 1.82. The van der Waals surface area contributed by atoms with Crippen LogP contribution in [0, 0.1) is 29.6 Å². The molecule has 3 unspecified atom stereocenters. The molecule has 0 heterocycles. The van der Waals surface area contributed by atoms with Crippen molar-refractivity contribution in [2.75, 3.05) is 18.6 Å². The quantitative estimate of drug-likeness (QED) is 0.361. The van der Waals surface area contributed by atoms with Gasteiger partial charge in [-0.05, 0) is 31.6 Å². The molecular formula is C21H33FO5S. The van der Waals surface area contributed by atoms with E-state index >= 15 is 0 Å². The summed E-state index contributed by atoms with van der Waals surface area (Å²) in [4.78, 5) is 11.1. The monoisotopic (exact) mass is 416 g/mol. The van der Waals surface area contributed by atoms with E-state index in [2.05, 4.69) is 16.6 Å². The zero-order valence-corrected chi connectivity index (χ0v) is 17.5. The molecule has 0 aromatic carbocycles. The molecular weight excluding hydrogens is 383 g/mol. The summed E-state index contributed by atoms with van der Waals surface area (Å²) in [6.07, 6.45) is 4.67. The van der Waals surface area contributed by atoms with Gasteiger partial charge in [0.15, 0.2) is 0 Å². The summed E-state index contributed by atoms with van der Waals surface area (Å²) in [5, 5.41) is 20.5. The van der Waals surface area contributed by atoms with E-state index in [1.54, 1.807) is 0 Å². The number of ether oxygens (including phenoxy) is 1. The summed E-state index contributed by atoms with van der Waals surface area (Å²) in [6.45, 7) is 0. The first kappa shape index (κ1) is 23.3. The SMILES string of the molecule is COC(=O)CS(=O)CCCC[C@H]1C(F)C[C@@H](O)[C@@H]1C#CC(O)C1CCCCC1. The van der Waals surface area contributed by atoms with Gasteiger partial charge >= 0.3 is 5.97 Å². The Kier molecular flexibility index (Phi) is 9.90. The fourth-order valence-electron chi connectivity index (χ4n) is 4.28. The molecule has 0 saturated heterocycles. The molecule has 160 valence electrons. The van der Waals surface area contributed by atoms with Gasteiger partial charge in [-0.25, -0.2) is 4.39 Å². The van der Waals surface area contributed by atoms with E-state index in [0.29, 0.717) is 25.0 Å². The summed E-state index contributed by atoms with van der Waals surface area (Å²) in [7, 11) is -0.00621. The molecule has 0 aromatic rings. The van der Waals surface area contributed by atoms with E-state index in [-0.39, 0.29) is 24.0 Å². The maximum Gasteiger partial charge on any atom is 0.318 e. The van der Waals surface area contributed by atoms with Gasteiger partial charge in [-0.1, -0.05) is 37.5 Å². The van der Waals surface area contributed by atoms with Gasteiger partial charge in [0.1, 0.15) is 18.0 Å². The lowest BCUT2D eigenvalue weighted by molar-refractivity contribution is -0.137. The molecule has 0 aliphatic heterocycles. The first-order chi connectivity index (χ1) is 13.4. The number of carbonyl (C=O) groups is 1. The number of aliphatic hydroxyl groups excluding tert-OH is 2. The van der Waals surface area contributed by atoms with E-state index in [0.717, 1.165) is 25.7 Å². The van der Waals surface area contributed by atoms with Crippen LogP contribution in [0.15, 0.2) is 0 Å². The van der Waals surface area contributed by atoms with Gasteiger partial charge in [0, 0.05) is 28.9 Å². The van der Waals surface area contributed by atoms with E-state index in [9.17, 15) is 23.6 Å². The van der Waals surface area contributed by atoms with Crippen LogP contribution >= 0.6 is 0 Å². The van der Waals surface area contributed by atoms with Crippen molar-refractivity contribution < 1.29 is 28.3 Å². The van der Waals surface area contributed by atoms with Crippen molar-refractivity contribution in [1.82, 2.24) is 0 Å². The van der Waals surface area contributed by atoms with Crippen molar-refractivity contribution in [3.8, 4) is 11.8 Å². The van der Waals surface area contributed by atoms with Crippen LogP contribution in [0.2, 0.25) is 0 Å². The van der Waals surface area contributed by atoms with Crippen LogP contribution in [-0.2, 0) is 20.3 Å². The maximum absolute atomic E-state index is 14.4. The molecule has 2 rings (SSSR count). The molecule has 6 atom stereocenters. The average molecular weight is 417 g/mol. The van der Waals surface area contributed by atoms with Crippen LogP contribution in [0.3, 0.4) is 0 Å². The van der Waals surface area contributed by atoms with E-state index < -0.39 is 41.1 Å². The highest BCUT2D eigenvalue weighted by molar-refractivity contribution is 7.85. The predicted octanol–water partition coefficient (Wildman–Crippen LogP) is 2.36. The third kappa shape index (κ3) is 7.13. The third-order valence-corrected chi connectivity index (χ3v) is 7.27. The minimum atomic E-state index is -1.27. The summed E-state index contributed by atoms with van der Waals surface area (Å²) in [6, 6.07) is 0. The molecule has 0 aromatic heterocycles. The highest BCUT2D eigenvalue weighted by Crippen LogP contribution is 2.38. The predicted molar refractivity (Wildman–Crippen MR) is 107 cm³/mol. The lowest BCUT2D eigenvalue weighted by Crippen LogP contribution is -2.23. The maximum atomic E-state index is 14.4. The molecule has 2 fully saturated rings. The fraction of sp³-hybridized carbons (Fsp3) is 0.857. The molecule has 2 aliphatic carbocycles. The lowest BCUT2D eigenvalue weighted by Gasteiger charge is -2.23. The van der Waals surface area contributed by atoms with Crippen molar-refractivity contribution >= 4 is 16.8 Å². The minimum absolute atomic E-state index is 0.0812. The first-order valence-electron chi connectivity index (χ1n) is 10.4. The minimum Gasteiger partial charge on any atom is -0.468 e. The number of alkyl halides is 1. The molecule has 28 heavy (non-hydrogen) atoms. The Morgan fingerprint density at radius 2 is 2.00 bits per heavy atom. The normalized spacial score (nSPS) is 30.3. The van der Waals surface area contributed by atoms with Crippen molar-refractivity contribution in [1.29, 1.82) is 0 Å². The Morgan fingerprint density at radius 3 is 2.68 bits per heavy atom. The Morgan fingerprint density at radius 1 is 1.29 bits per heavy atom. The van der Waals surface area contributed by atoms with Crippen LogP contribution in [0.5, 0.6) is 0 Å². The van der Waals surface area contributed by atoms with E-state index in [4.69, 9.17) is 0 Å². The van der Waals surface area contributed by atoms with Crippen molar-refractivity contribution in [3.05, 3.63) is 0 Å². The largest absolute Gasteiger partial charge is 0.468 e. The molecule has 0 bridgehead atoms. The highest BCUT2D eigenvalue weighted by Gasteiger charge is 2.41. The molecule has 2 N–H and O–H groups in total. The molecule has 5 nitrogen and oxygen atoms in total. The van der Waals surface area contributed by atoms with Crippen molar-refractivity contribution in [2.24, 2.45) is 17.8 Å². The van der Waals surface area contributed by atoms with Crippen molar-refractivity contribution in [3.63, 3.8) is 0 Å². The molecule has 2 aliphatic rings. The second-order valence-electron chi connectivity index (χ2n) is 8.00. The molecule has 0 radical (unpaired) electrons. The smallest absolute Gasteiger partial charge is 0.318 e. The lowest BCUT2D eigenvalue weighted by atomic mass is 9.84. The number of hydrogen-bond donors (Lipinski definition) is 2. The molecule has 7 heteroatoms. The van der Waals surface area contributed by atoms with Crippen LogP contribution in [0.25, 0.3) is 0 Å². The number of unbranched alkanes of at least 4 members (excludes halogenated alkanes) is 1. The standard InChI is InChI=1S/C21H33FO5S/c1-27-21(25)14-28(26)12-6-5-9-16-17(20(24)13-18(16)22)10-11-19(23)15-7-3-2-4-8-15/h15-20,23-24H,2-9,12-14H2,1H3/t16-,17-,18?,19?,20-,28?/m1/s1. The van der Waals surface area contributed by atoms with Crippen LogP contribution < -0.4 is 0 Å². The Hall–Kier alpha value is -0.970. The summed E-state index contributed by atoms with van der Waals surface area (Å²) >= 11 is 0. The Labute approximate surface area is 169 Å². The van der Waals surface area contributed by atoms with Gasteiger partial charge in [0.05, 0.1) is 19.1 Å². The van der Waals surface area contributed by atoms with Crippen LogP contribution in [0.1, 0.15) is 57.8 Å². The second kappa shape index (κ2) is 11.9. The van der Waals surface area contributed by atoms with Gasteiger partial charge in [-0.2, -0.15) is 0 Å². The van der Waals surface area contributed by atoms with Gasteiger partial charge < -0.3 is 14.9 Å². The summed E-state index contributed by atoms with van der Waals surface area (Å²) < 4.78 is 30.6. The fourth-order valence-corrected chi connectivity index (χ4v) is 5.33. The van der Waals surface area contributed by atoms with E-state index in [1.165, 1.54) is 13.5 Å². The zero-order chi connectivity index (χ0) is 20.5. The summed E-state index contributed by atoms with van der Waals surface area (Å²) in [5.41, 5.74) is 0. The Bertz CT molecular complexity index is 581. The molecule has 2 saturated carbocycles. The number of hydrogen-bond acceptors (Lipinski definition) is 5. The topological polar surface area (TPSA) is 83.8 Å². The molecule has 0 amide bonds. The van der Waals surface area contributed by atoms with Gasteiger partial charge in [0.2, 0.25) is 0 Å². The number of methoxy groups -OCH3 is 1. The average Bonchev–Trinajstić information content (AvgIpc) is 2.96. The zero-order valence-electron chi connectivity index (χ0n) is 16.6. The van der Waals surface area contributed by atoms with Gasteiger partial charge in [-0.3, -0.25) is 9.00 Å². The first-order valence-corrected chi connectivity index (χ1v) is 11.8. The van der Waals surface area contributed by atoms with Crippen LogP contribution in [-0.4, -0.2) is 57.4 Å². The second-order valence-corrected chi connectivity index (χ2v) is 9.58. The van der Waals surface area contributed by atoms with Gasteiger partial charge in [0.25, 0.3) is 0 Å². The summed E-state index contributed by atoms with van der Waals surface area (Å²) in [5.74, 6) is 4.99. The number of esters is 1. The number of halogens is 1. The van der Waals surface area contributed by atoms with Gasteiger partial charge in [-0.15, -0.1) is 0 Å². The van der Waals surface area contributed by atoms with Crippen LogP contribution in [0.4, 0.5) is 4.39 Å². The number of aliphatic hydroxyl groups is 2. The van der Waals surface area contributed by atoms with Crippen molar-refractivity contribution in [2.45, 2.75) is 76.2 Å². The highest BCUT2D eigenvalue weighted by atomic mass is 32.2.